The van der Waals surface area contributed by atoms with Gasteiger partial charge in [-0.2, -0.15) is 0 Å². The van der Waals surface area contributed by atoms with Gasteiger partial charge in [0.2, 0.25) is 0 Å². The van der Waals surface area contributed by atoms with E-state index in [1.54, 1.807) is 11.8 Å². The van der Waals surface area contributed by atoms with Gasteiger partial charge in [-0.05, 0) is 66.0 Å². The van der Waals surface area contributed by atoms with Crippen LogP contribution >= 0.6 is 0 Å². The van der Waals surface area contributed by atoms with E-state index in [4.69, 9.17) is 0 Å². The monoisotopic (exact) mass is 540 g/mol. The number of rotatable bonds is 14. The minimum absolute atomic E-state index is 0.0357. The van der Waals surface area contributed by atoms with Crippen LogP contribution in [0.15, 0.2) is 66.7 Å². The highest BCUT2D eigenvalue weighted by Crippen LogP contribution is 2.33. The van der Waals surface area contributed by atoms with Crippen molar-refractivity contribution < 1.29 is 9.59 Å². The summed E-state index contributed by atoms with van der Waals surface area (Å²) >= 11 is 0. The van der Waals surface area contributed by atoms with Crippen molar-refractivity contribution in [1.82, 2.24) is 0 Å². The fourth-order valence-corrected chi connectivity index (χ4v) is 5.13. The van der Waals surface area contributed by atoms with E-state index in [9.17, 15) is 9.59 Å². The second-order valence-electron chi connectivity index (χ2n) is 11.6. The van der Waals surface area contributed by atoms with E-state index in [-0.39, 0.29) is 23.7 Å². The second kappa shape index (κ2) is 15.4. The topological polar surface area (TPSA) is 49.4 Å². The largest absolute Gasteiger partial charge is 0.326 e. The lowest BCUT2D eigenvalue weighted by molar-refractivity contribution is 0.101. The summed E-state index contributed by atoms with van der Waals surface area (Å²) < 4.78 is 0. The summed E-state index contributed by atoms with van der Waals surface area (Å²) in [5.74, 6) is 0.597. The molecule has 0 bridgehead atoms. The molecular weight excluding hydrogens is 492 g/mol. The Morgan fingerprint density at radius 1 is 0.725 bits per heavy atom. The summed E-state index contributed by atoms with van der Waals surface area (Å²) in [5, 5.41) is 3.30. The summed E-state index contributed by atoms with van der Waals surface area (Å²) in [6.45, 7) is 12.9. The van der Waals surface area contributed by atoms with Crippen LogP contribution in [0.3, 0.4) is 0 Å². The Hall–Kier alpha value is -3.40. The molecule has 0 aromatic heterocycles. The minimum Gasteiger partial charge on any atom is -0.307 e. The highest BCUT2D eigenvalue weighted by atomic mass is 16.2. The Morgan fingerprint density at radius 3 is 1.82 bits per heavy atom. The highest BCUT2D eigenvalue weighted by molar-refractivity contribution is 6.02. The van der Waals surface area contributed by atoms with Crippen molar-refractivity contribution in [3.05, 3.63) is 94.5 Å². The van der Waals surface area contributed by atoms with Crippen LogP contribution in [0, 0.1) is 0 Å². The molecule has 0 aliphatic heterocycles. The van der Waals surface area contributed by atoms with Crippen molar-refractivity contribution >= 4 is 23.2 Å². The number of unbranched alkanes of at least 4 members (excludes halogenated alkanes) is 5. The van der Waals surface area contributed by atoms with Crippen LogP contribution in [0.25, 0.3) is 0 Å². The molecule has 3 aromatic carbocycles. The Kier molecular flexibility index (Phi) is 12.0. The highest BCUT2D eigenvalue weighted by Gasteiger charge is 2.21. The van der Waals surface area contributed by atoms with Gasteiger partial charge in [0.15, 0.2) is 5.78 Å². The van der Waals surface area contributed by atoms with Crippen molar-refractivity contribution in [3.8, 4) is 0 Å². The molecule has 0 saturated carbocycles. The van der Waals surface area contributed by atoms with Gasteiger partial charge in [0.05, 0.1) is 6.54 Å². The Morgan fingerprint density at radius 2 is 1.27 bits per heavy atom. The van der Waals surface area contributed by atoms with Crippen molar-refractivity contribution in [2.75, 3.05) is 10.2 Å². The summed E-state index contributed by atoms with van der Waals surface area (Å²) in [5.41, 5.74) is 6.99. The van der Waals surface area contributed by atoms with E-state index in [1.165, 1.54) is 44.1 Å². The number of urea groups is 1. The number of hydrogen-bond acceptors (Lipinski definition) is 2. The number of para-hydroxylation sites is 1. The fourth-order valence-electron chi connectivity index (χ4n) is 5.13. The van der Waals surface area contributed by atoms with Gasteiger partial charge in [0.1, 0.15) is 0 Å². The normalized spacial score (nSPS) is 11.2. The number of Topliss-reactive ketones (excluding diaryl/α,β-unsaturated/α-hetero) is 1. The molecule has 4 heteroatoms. The van der Waals surface area contributed by atoms with Crippen LogP contribution in [0.1, 0.15) is 125 Å². The number of anilines is 2. The number of aryl methyl sites for hydroxylation is 1. The average Bonchev–Trinajstić information content (AvgIpc) is 2.94. The Labute approximate surface area is 242 Å². The standard InChI is InChI=1S/C36H48N2O2/c1-7-8-9-10-11-12-14-29-19-23-32(24-20-29)38(25-30-17-21-31(22-18-30)28(6)39)36(40)37-35-33(26(2)3)15-13-16-34(35)27(4)5/h13,15-24,26-27H,7-12,14,25H2,1-6H3,(H,37,40). The third kappa shape index (κ3) is 8.81. The first-order valence-corrected chi connectivity index (χ1v) is 15.1. The molecule has 0 heterocycles. The number of nitrogens with one attached hydrogen (secondary N) is 1. The SMILES string of the molecule is CCCCCCCCc1ccc(N(Cc2ccc(C(C)=O)cc2)C(=O)Nc2c(C(C)C)cccc2C(C)C)cc1. The molecule has 0 atom stereocenters. The number of carbonyl (C=O) groups is 2. The van der Waals surface area contributed by atoms with Gasteiger partial charge in [-0.3, -0.25) is 9.69 Å². The molecule has 2 amide bonds. The van der Waals surface area contributed by atoms with E-state index in [0.29, 0.717) is 12.1 Å². The van der Waals surface area contributed by atoms with Crippen molar-refractivity contribution in [1.29, 1.82) is 0 Å². The number of hydrogen-bond donors (Lipinski definition) is 1. The van der Waals surface area contributed by atoms with Gasteiger partial charge in [-0.25, -0.2) is 4.79 Å². The van der Waals surface area contributed by atoms with Gasteiger partial charge in [-0.1, -0.05) is 121 Å². The van der Waals surface area contributed by atoms with E-state index in [2.05, 4.69) is 82.4 Å². The molecule has 0 unspecified atom stereocenters. The van der Waals surface area contributed by atoms with Crippen LogP contribution in [0.4, 0.5) is 16.2 Å². The summed E-state index contributed by atoms with van der Waals surface area (Å²) in [4.78, 5) is 27.6. The number of ketones is 1. The number of carbonyl (C=O) groups excluding carboxylic acids is 2. The van der Waals surface area contributed by atoms with Gasteiger partial charge in [0, 0.05) is 16.9 Å². The van der Waals surface area contributed by atoms with E-state index >= 15 is 0 Å². The van der Waals surface area contributed by atoms with Gasteiger partial charge >= 0.3 is 6.03 Å². The first-order chi connectivity index (χ1) is 19.2. The van der Waals surface area contributed by atoms with E-state index in [0.717, 1.165) is 34.5 Å². The van der Waals surface area contributed by atoms with Crippen LogP contribution < -0.4 is 10.2 Å². The lowest BCUT2D eigenvalue weighted by atomic mass is 9.93. The molecule has 0 aliphatic carbocycles. The van der Waals surface area contributed by atoms with Crippen LogP contribution in [-0.4, -0.2) is 11.8 Å². The molecule has 4 nitrogen and oxygen atoms in total. The fraction of sp³-hybridized carbons (Fsp3) is 0.444. The average molecular weight is 541 g/mol. The molecule has 3 rings (SSSR count). The van der Waals surface area contributed by atoms with Crippen LogP contribution in [-0.2, 0) is 13.0 Å². The lowest BCUT2D eigenvalue weighted by Crippen LogP contribution is -2.35. The maximum absolute atomic E-state index is 14.0. The summed E-state index contributed by atoms with van der Waals surface area (Å²) in [6.07, 6.45) is 8.74. The molecule has 0 radical (unpaired) electrons. The molecule has 1 N–H and O–H groups in total. The van der Waals surface area contributed by atoms with Crippen molar-refractivity contribution in [2.24, 2.45) is 0 Å². The lowest BCUT2D eigenvalue weighted by Gasteiger charge is -2.27. The Bertz CT molecular complexity index is 1200. The number of benzene rings is 3. The zero-order valence-electron chi connectivity index (χ0n) is 25.4. The molecule has 40 heavy (non-hydrogen) atoms. The van der Waals surface area contributed by atoms with Gasteiger partial charge in [-0.15, -0.1) is 0 Å². The quantitative estimate of drug-likeness (QED) is 0.163. The molecule has 0 aliphatic rings. The Balaban J connectivity index is 1.86. The maximum Gasteiger partial charge on any atom is 0.326 e. The second-order valence-corrected chi connectivity index (χ2v) is 11.6. The first-order valence-electron chi connectivity index (χ1n) is 15.1. The summed E-state index contributed by atoms with van der Waals surface area (Å²) in [7, 11) is 0. The third-order valence-corrected chi connectivity index (χ3v) is 7.62. The number of amides is 2. The maximum atomic E-state index is 14.0. The zero-order chi connectivity index (χ0) is 29.1. The van der Waals surface area contributed by atoms with Crippen molar-refractivity contribution in [2.45, 2.75) is 105 Å². The molecular formula is C36H48N2O2. The molecule has 0 fully saturated rings. The molecule has 0 saturated heterocycles. The van der Waals surface area contributed by atoms with Gasteiger partial charge < -0.3 is 5.32 Å². The predicted octanol–water partition coefficient (Wildman–Crippen LogP) is 10.3. The third-order valence-electron chi connectivity index (χ3n) is 7.62. The van der Waals surface area contributed by atoms with E-state index < -0.39 is 0 Å². The van der Waals surface area contributed by atoms with Crippen LogP contribution in [0.5, 0.6) is 0 Å². The van der Waals surface area contributed by atoms with Crippen LogP contribution in [0.2, 0.25) is 0 Å². The van der Waals surface area contributed by atoms with E-state index in [1.807, 2.05) is 24.3 Å². The molecule has 0 spiro atoms. The number of nitrogens with zero attached hydrogens (tertiary/aromatic N) is 1. The first kappa shape index (κ1) is 31.1. The zero-order valence-corrected chi connectivity index (χ0v) is 25.4. The molecule has 214 valence electrons. The minimum atomic E-state index is -0.158. The summed E-state index contributed by atoms with van der Waals surface area (Å²) in [6, 6.07) is 22.1. The van der Waals surface area contributed by atoms with Crippen molar-refractivity contribution in [3.63, 3.8) is 0 Å². The predicted molar refractivity (Wildman–Crippen MR) is 170 cm³/mol. The van der Waals surface area contributed by atoms with Gasteiger partial charge in [0.25, 0.3) is 0 Å². The molecule has 3 aromatic rings. The smallest absolute Gasteiger partial charge is 0.307 e.